The summed E-state index contributed by atoms with van der Waals surface area (Å²) in [5.41, 5.74) is 1.23. The molecule has 0 spiro atoms. The summed E-state index contributed by atoms with van der Waals surface area (Å²) in [6.07, 6.45) is 7.20. The lowest BCUT2D eigenvalue weighted by Gasteiger charge is -2.17. The van der Waals surface area contributed by atoms with Crippen LogP contribution in [0.5, 0.6) is 5.88 Å². The lowest BCUT2D eigenvalue weighted by Crippen LogP contribution is -2.17. The Morgan fingerprint density at radius 1 is 1.25 bits per heavy atom. The van der Waals surface area contributed by atoms with E-state index < -0.39 is 0 Å². The number of hydrogen-bond acceptors (Lipinski definition) is 3. The quantitative estimate of drug-likeness (QED) is 0.776. The van der Waals surface area contributed by atoms with Gasteiger partial charge in [-0.1, -0.05) is 0 Å². The monoisotopic (exact) mass is 218 g/mol. The molecule has 3 heteroatoms. The van der Waals surface area contributed by atoms with Gasteiger partial charge in [-0.05, 0) is 37.7 Å². The zero-order valence-corrected chi connectivity index (χ0v) is 9.56. The molecule has 0 bridgehead atoms. The van der Waals surface area contributed by atoms with Crippen LogP contribution in [0.3, 0.4) is 0 Å². The normalized spacial score (nSPS) is 20.1. The van der Waals surface area contributed by atoms with E-state index in [1.54, 1.807) is 0 Å². The highest BCUT2D eigenvalue weighted by Crippen LogP contribution is 2.29. The highest BCUT2D eigenvalue weighted by molar-refractivity contribution is 5.46. The third-order valence-electron chi connectivity index (χ3n) is 3.36. The second-order valence-corrected chi connectivity index (χ2v) is 4.80. The number of nitrogens with zero attached hydrogens (tertiary/aromatic N) is 2. The van der Waals surface area contributed by atoms with Gasteiger partial charge in [-0.3, -0.25) is 0 Å². The van der Waals surface area contributed by atoms with Crippen molar-refractivity contribution in [2.75, 3.05) is 24.6 Å². The SMILES string of the molecule is c1cc(OCC2CC2)ncc1N1CCCC1. The van der Waals surface area contributed by atoms with Gasteiger partial charge in [-0.15, -0.1) is 0 Å². The number of aromatic nitrogens is 1. The Bertz CT molecular complexity index is 339. The van der Waals surface area contributed by atoms with Crippen molar-refractivity contribution in [1.29, 1.82) is 0 Å². The van der Waals surface area contributed by atoms with E-state index in [1.165, 1.54) is 44.5 Å². The van der Waals surface area contributed by atoms with Gasteiger partial charge in [0.2, 0.25) is 5.88 Å². The molecule has 1 saturated heterocycles. The molecule has 16 heavy (non-hydrogen) atoms. The molecular weight excluding hydrogens is 200 g/mol. The molecule has 3 rings (SSSR count). The minimum absolute atomic E-state index is 0.773. The fourth-order valence-electron chi connectivity index (χ4n) is 2.11. The Balaban J connectivity index is 1.59. The molecule has 1 aliphatic carbocycles. The molecule has 3 nitrogen and oxygen atoms in total. The van der Waals surface area contributed by atoms with E-state index in [-0.39, 0.29) is 0 Å². The number of rotatable bonds is 4. The lowest BCUT2D eigenvalue weighted by atomic mass is 10.4. The molecule has 0 amide bonds. The Morgan fingerprint density at radius 3 is 2.69 bits per heavy atom. The topological polar surface area (TPSA) is 25.4 Å². The van der Waals surface area contributed by atoms with Crippen LogP contribution in [0.4, 0.5) is 5.69 Å². The van der Waals surface area contributed by atoms with Crippen molar-refractivity contribution < 1.29 is 4.74 Å². The Morgan fingerprint density at radius 2 is 2.06 bits per heavy atom. The molecule has 86 valence electrons. The van der Waals surface area contributed by atoms with Gasteiger partial charge < -0.3 is 9.64 Å². The predicted molar refractivity (Wildman–Crippen MR) is 63.9 cm³/mol. The number of ether oxygens (including phenoxy) is 1. The molecule has 2 heterocycles. The van der Waals surface area contributed by atoms with Gasteiger partial charge in [-0.2, -0.15) is 0 Å². The van der Waals surface area contributed by atoms with Crippen molar-refractivity contribution in [2.45, 2.75) is 25.7 Å². The van der Waals surface area contributed by atoms with E-state index >= 15 is 0 Å². The van der Waals surface area contributed by atoms with Crippen LogP contribution in [-0.4, -0.2) is 24.7 Å². The molecule has 2 aliphatic rings. The largest absolute Gasteiger partial charge is 0.477 e. The summed E-state index contributed by atoms with van der Waals surface area (Å²) in [6.45, 7) is 3.18. The van der Waals surface area contributed by atoms with Crippen LogP contribution < -0.4 is 9.64 Å². The Labute approximate surface area is 96.4 Å². The summed E-state index contributed by atoms with van der Waals surface area (Å²) in [5.74, 6) is 1.56. The van der Waals surface area contributed by atoms with Crippen molar-refractivity contribution in [3.8, 4) is 5.88 Å². The van der Waals surface area contributed by atoms with Crippen LogP contribution in [0.25, 0.3) is 0 Å². The van der Waals surface area contributed by atoms with Crippen molar-refractivity contribution in [1.82, 2.24) is 4.98 Å². The fourth-order valence-corrected chi connectivity index (χ4v) is 2.11. The maximum atomic E-state index is 5.62. The molecule has 0 radical (unpaired) electrons. The molecule has 0 atom stereocenters. The number of hydrogen-bond donors (Lipinski definition) is 0. The van der Waals surface area contributed by atoms with Crippen LogP contribution in [0.15, 0.2) is 18.3 Å². The number of anilines is 1. The van der Waals surface area contributed by atoms with Crippen LogP contribution in [0.2, 0.25) is 0 Å². The van der Waals surface area contributed by atoms with E-state index in [4.69, 9.17) is 4.74 Å². The summed E-state index contributed by atoms with van der Waals surface area (Å²) >= 11 is 0. The van der Waals surface area contributed by atoms with Gasteiger partial charge in [0.15, 0.2) is 0 Å². The molecule has 1 aromatic rings. The predicted octanol–water partition coefficient (Wildman–Crippen LogP) is 2.47. The molecule has 1 saturated carbocycles. The van der Waals surface area contributed by atoms with Crippen molar-refractivity contribution in [3.05, 3.63) is 18.3 Å². The second kappa shape index (κ2) is 4.32. The maximum Gasteiger partial charge on any atom is 0.213 e. The first-order valence-corrected chi connectivity index (χ1v) is 6.25. The molecule has 0 aromatic carbocycles. The molecule has 1 aromatic heterocycles. The van der Waals surface area contributed by atoms with Crippen LogP contribution >= 0.6 is 0 Å². The zero-order chi connectivity index (χ0) is 10.8. The summed E-state index contributed by atoms with van der Waals surface area (Å²) in [6, 6.07) is 4.12. The van der Waals surface area contributed by atoms with E-state index in [2.05, 4.69) is 16.0 Å². The third-order valence-corrected chi connectivity index (χ3v) is 3.36. The van der Waals surface area contributed by atoms with E-state index in [0.29, 0.717) is 0 Å². The summed E-state index contributed by atoms with van der Waals surface area (Å²) in [4.78, 5) is 6.75. The maximum absolute atomic E-state index is 5.62. The van der Waals surface area contributed by atoms with Gasteiger partial charge >= 0.3 is 0 Å². The van der Waals surface area contributed by atoms with Crippen LogP contribution in [-0.2, 0) is 0 Å². The second-order valence-electron chi connectivity index (χ2n) is 4.80. The minimum Gasteiger partial charge on any atom is -0.477 e. The first-order valence-electron chi connectivity index (χ1n) is 6.25. The molecule has 0 N–H and O–H groups in total. The van der Waals surface area contributed by atoms with Gasteiger partial charge in [0, 0.05) is 19.2 Å². The Hall–Kier alpha value is -1.25. The fraction of sp³-hybridized carbons (Fsp3) is 0.615. The zero-order valence-electron chi connectivity index (χ0n) is 9.56. The lowest BCUT2D eigenvalue weighted by molar-refractivity contribution is 0.288. The van der Waals surface area contributed by atoms with Gasteiger partial charge in [0.05, 0.1) is 18.5 Å². The molecule has 0 unspecified atom stereocenters. The summed E-state index contributed by atoms with van der Waals surface area (Å²) < 4.78 is 5.62. The van der Waals surface area contributed by atoms with Crippen LogP contribution in [0.1, 0.15) is 25.7 Å². The van der Waals surface area contributed by atoms with Gasteiger partial charge in [-0.25, -0.2) is 4.98 Å². The van der Waals surface area contributed by atoms with Gasteiger partial charge in [0.25, 0.3) is 0 Å². The van der Waals surface area contributed by atoms with E-state index in [0.717, 1.165) is 18.4 Å². The molecular formula is C13H18N2O. The van der Waals surface area contributed by atoms with E-state index in [9.17, 15) is 0 Å². The first-order chi connectivity index (χ1) is 7.92. The van der Waals surface area contributed by atoms with Crippen molar-refractivity contribution >= 4 is 5.69 Å². The average molecular weight is 218 g/mol. The smallest absolute Gasteiger partial charge is 0.213 e. The van der Waals surface area contributed by atoms with Crippen molar-refractivity contribution in [3.63, 3.8) is 0 Å². The summed E-state index contributed by atoms with van der Waals surface area (Å²) in [7, 11) is 0. The highest BCUT2D eigenvalue weighted by atomic mass is 16.5. The van der Waals surface area contributed by atoms with E-state index in [1.807, 2.05) is 12.3 Å². The molecule has 1 aliphatic heterocycles. The van der Waals surface area contributed by atoms with Crippen molar-refractivity contribution in [2.24, 2.45) is 5.92 Å². The minimum atomic E-state index is 0.773. The summed E-state index contributed by atoms with van der Waals surface area (Å²) in [5, 5.41) is 0. The third kappa shape index (κ3) is 2.29. The average Bonchev–Trinajstić information content (AvgIpc) is 3.00. The first kappa shape index (κ1) is 9.94. The highest BCUT2D eigenvalue weighted by Gasteiger charge is 2.22. The standard InChI is InChI=1S/C13H18N2O/c1-2-8-15(7-1)12-5-6-13(14-9-12)16-10-11-3-4-11/h5-6,9,11H,1-4,7-8,10H2. The Kier molecular flexibility index (Phi) is 2.68. The van der Waals surface area contributed by atoms with Crippen LogP contribution in [0, 0.1) is 5.92 Å². The molecule has 2 fully saturated rings. The number of pyridine rings is 1. The van der Waals surface area contributed by atoms with Gasteiger partial charge in [0.1, 0.15) is 0 Å².